The summed E-state index contributed by atoms with van der Waals surface area (Å²) in [6.45, 7) is 1.54. The van der Waals surface area contributed by atoms with Crippen LogP contribution in [-0.4, -0.2) is 55.9 Å². The van der Waals surface area contributed by atoms with Gasteiger partial charge in [-0.2, -0.15) is 0 Å². The zero-order chi connectivity index (χ0) is 12.0. The van der Waals surface area contributed by atoms with E-state index < -0.39 is 24.8 Å². The van der Waals surface area contributed by atoms with E-state index >= 15 is 0 Å². The first-order valence-electron chi connectivity index (χ1n) is 5.17. The molecule has 92 valence electrons. The SMILES string of the molecule is O=C(NCC(F)F)C(=O)N1CCCNCC1. The van der Waals surface area contributed by atoms with Gasteiger partial charge in [0.15, 0.2) is 0 Å². The van der Waals surface area contributed by atoms with Crippen LogP contribution in [0.25, 0.3) is 0 Å². The van der Waals surface area contributed by atoms with E-state index in [4.69, 9.17) is 0 Å². The fourth-order valence-electron chi connectivity index (χ4n) is 1.44. The number of nitrogens with zero attached hydrogens (tertiary/aromatic N) is 1. The molecule has 16 heavy (non-hydrogen) atoms. The van der Waals surface area contributed by atoms with Crippen LogP contribution in [0.2, 0.25) is 0 Å². The van der Waals surface area contributed by atoms with Crippen LogP contribution < -0.4 is 10.6 Å². The highest BCUT2D eigenvalue weighted by molar-refractivity contribution is 6.35. The standard InChI is InChI=1S/C9H15F2N3O2/c10-7(11)6-13-8(15)9(16)14-4-1-2-12-3-5-14/h7,12H,1-6H2,(H,13,15). The van der Waals surface area contributed by atoms with E-state index in [1.165, 1.54) is 4.90 Å². The first-order valence-corrected chi connectivity index (χ1v) is 5.17. The van der Waals surface area contributed by atoms with Gasteiger partial charge in [-0.25, -0.2) is 8.78 Å². The molecule has 5 nitrogen and oxygen atoms in total. The first-order chi connectivity index (χ1) is 7.61. The largest absolute Gasteiger partial charge is 0.342 e. The molecule has 0 spiro atoms. The minimum absolute atomic E-state index is 0.431. The minimum atomic E-state index is -2.64. The zero-order valence-corrected chi connectivity index (χ0v) is 8.84. The van der Waals surface area contributed by atoms with Crippen LogP contribution in [0.1, 0.15) is 6.42 Å². The van der Waals surface area contributed by atoms with Crippen molar-refractivity contribution in [3.63, 3.8) is 0 Å². The molecule has 0 saturated carbocycles. The summed E-state index contributed by atoms with van der Waals surface area (Å²) in [6.07, 6.45) is -1.88. The van der Waals surface area contributed by atoms with Crippen molar-refractivity contribution in [2.24, 2.45) is 0 Å². The van der Waals surface area contributed by atoms with Crippen molar-refractivity contribution in [3.05, 3.63) is 0 Å². The lowest BCUT2D eigenvalue weighted by Crippen LogP contribution is -2.45. The molecule has 0 aromatic rings. The Morgan fingerprint density at radius 1 is 1.31 bits per heavy atom. The van der Waals surface area contributed by atoms with Gasteiger partial charge in [-0.1, -0.05) is 0 Å². The number of halogens is 2. The lowest BCUT2D eigenvalue weighted by atomic mass is 10.3. The number of nitrogens with one attached hydrogen (secondary N) is 2. The molecule has 7 heteroatoms. The smallest absolute Gasteiger partial charge is 0.311 e. The van der Waals surface area contributed by atoms with Gasteiger partial charge in [0, 0.05) is 19.6 Å². The molecular formula is C9H15F2N3O2. The van der Waals surface area contributed by atoms with Crippen LogP contribution in [0.3, 0.4) is 0 Å². The molecule has 2 N–H and O–H groups in total. The summed E-state index contributed by atoms with van der Waals surface area (Å²) in [6, 6.07) is 0. The van der Waals surface area contributed by atoms with Crippen LogP contribution >= 0.6 is 0 Å². The van der Waals surface area contributed by atoms with Crippen molar-refractivity contribution in [3.8, 4) is 0 Å². The first kappa shape index (κ1) is 12.8. The van der Waals surface area contributed by atoms with E-state index in [9.17, 15) is 18.4 Å². The average molecular weight is 235 g/mol. The lowest BCUT2D eigenvalue weighted by molar-refractivity contribution is -0.146. The molecule has 0 aromatic carbocycles. The molecule has 0 unspecified atom stereocenters. The summed E-state index contributed by atoms with van der Waals surface area (Å²) < 4.78 is 23.6. The van der Waals surface area contributed by atoms with Crippen molar-refractivity contribution >= 4 is 11.8 Å². The maximum Gasteiger partial charge on any atom is 0.311 e. The Morgan fingerprint density at radius 3 is 2.75 bits per heavy atom. The summed E-state index contributed by atoms with van der Waals surface area (Å²) >= 11 is 0. The number of amides is 2. The second-order valence-corrected chi connectivity index (χ2v) is 3.50. The third-order valence-electron chi connectivity index (χ3n) is 2.24. The second-order valence-electron chi connectivity index (χ2n) is 3.50. The van der Waals surface area contributed by atoms with E-state index in [0.717, 1.165) is 13.0 Å². The number of hydrogen-bond acceptors (Lipinski definition) is 3. The predicted octanol–water partition coefficient (Wildman–Crippen LogP) is -0.810. The highest BCUT2D eigenvalue weighted by Gasteiger charge is 2.22. The van der Waals surface area contributed by atoms with Gasteiger partial charge in [-0.3, -0.25) is 9.59 Å². The Morgan fingerprint density at radius 2 is 2.06 bits per heavy atom. The van der Waals surface area contributed by atoms with Gasteiger partial charge in [-0.05, 0) is 13.0 Å². The van der Waals surface area contributed by atoms with Crippen LogP contribution in [0.5, 0.6) is 0 Å². The Bertz CT molecular complexity index is 253. The van der Waals surface area contributed by atoms with E-state index in [1.807, 2.05) is 5.32 Å². The maximum atomic E-state index is 11.8. The summed E-state index contributed by atoms with van der Waals surface area (Å²) in [5.74, 6) is -1.69. The number of alkyl halides is 2. The van der Waals surface area contributed by atoms with Crippen LogP contribution in [0.4, 0.5) is 8.78 Å². The van der Waals surface area contributed by atoms with Gasteiger partial charge >= 0.3 is 11.8 Å². The van der Waals surface area contributed by atoms with Crippen LogP contribution in [0.15, 0.2) is 0 Å². The highest BCUT2D eigenvalue weighted by Crippen LogP contribution is 1.96. The van der Waals surface area contributed by atoms with Crippen molar-refractivity contribution in [2.75, 3.05) is 32.7 Å². The van der Waals surface area contributed by atoms with Crippen LogP contribution in [0, 0.1) is 0 Å². The number of carbonyl (C=O) groups is 2. The second kappa shape index (κ2) is 6.37. The normalized spacial score (nSPS) is 17.1. The van der Waals surface area contributed by atoms with Crippen LogP contribution in [-0.2, 0) is 9.59 Å². The Balaban J connectivity index is 2.39. The van der Waals surface area contributed by atoms with Gasteiger partial charge in [0.1, 0.15) is 0 Å². The molecule has 1 heterocycles. The van der Waals surface area contributed by atoms with Gasteiger partial charge < -0.3 is 15.5 Å². The molecule has 1 aliphatic rings. The number of rotatable bonds is 2. The molecule has 1 rings (SSSR count). The maximum absolute atomic E-state index is 11.8. The third kappa shape index (κ3) is 4.09. The molecule has 0 aliphatic carbocycles. The van der Waals surface area contributed by atoms with Gasteiger partial charge in [0.25, 0.3) is 6.43 Å². The number of hydrogen-bond donors (Lipinski definition) is 2. The Kier molecular flexibility index (Phi) is 5.10. The highest BCUT2D eigenvalue weighted by atomic mass is 19.3. The van der Waals surface area contributed by atoms with Crippen molar-refractivity contribution in [1.82, 2.24) is 15.5 Å². The Hall–Kier alpha value is -1.24. The van der Waals surface area contributed by atoms with E-state index in [0.29, 0.717) is 19.6 Å². The molecule has 0 bridgehead atoms. The molecule has 0 radical (unpaired) electrons. The molecule has 0 aromatic heterocycles. The quantitative estimate of drug-likeness (QED) is 0.615. The number of carbonyl (C=O) groups excluding carboxylic acids is 2. The monoisotopic (exact) mass is 235 g/mol. The van der Waals surface area contributed by atoms with Gasteiger partial charge in [0.05, 0.1) is 6.54 Å². The fraction of sp³-hybridized carbons (Fsp3) is 0.778. The van der Waals surface area contributed by atoms with E-state index in [2.05, 4.69) is 5.32 Å². The molecule has 1 aliphatic heterocycles. The average Bonchev–Trinajstić information content (AvgIpc) is 2.53. The van der Waals surface area contributed by atoms with Crippen molar-refractivity contribution in [1.29, 1.82) is 0 Å². The van der Waals surface area contributed by atoms with Gasteiger partial charge in [0.2, 0.25) is 0 Å². The minimum Gasteiger partial charge on any atom is -0.342 e. The van der Waals surface area contributed by atoms with E-state index in [1.54, 1.807) is 0 Å². The molecular weight excluding hydrogens is 220 g/mol. The third-order valence-corrected chi connectivity index (χ3v) is 2.24. The zero-order valence-electron chi connectivity index (χ0n) is 8.84. The summed E-state index contributed by atoms with van der Waals surface area (Å²) in [7, 11) is 0. The Labute approximate surface area is 92.2 Å². The summed E-state index contributed by atoms with van der Waals surface area (Å²) in [5, 5.41) is 4.97. The topological polar surface area (TPSA) is 61.4 Å². The predicted molar refractivity (Wildman–Crippen MR) is 53.1 cm³/mol. The summed E-state index contributed by atoms with van der Waals surface area (Å²) in [5.41, 5.74) is 0. The van der Waals surface area contributed by atoms with Crippen molar-refractivity contribution in [2.45, 2.75) is 12.8 Å². The summed E-state index contributed by atoms with van der Waals surface area (Å²) in [4.78, 5) is 24.1. The van der Waals surface area contributed by atoms with E-state index in [-0.39, 0.29) is 0 Å². The molecule has 1 fully saturated rings. The fourth-order valence-corrected chi connectivity index (χ4v) is 1.44. The molecule has 0 atom stereocenters. The van der Waals surface area contributed by atoms with Gasteiger partial charge in [-0.15, -0.1) is 0 Å². The lowest BCUT2D eigenvalue weighted by Gasteiger charge is -2.18. The molecule has 1 saturated heterocycles. The molecule has 2 amide bonds. The van der Waals surface area contributed by atoms with Crippen molar-refractivity contribution < 1.29 is 18.4 Å².